The van der Waals surface area contributed by atoms with Crippen LogP contribution in [0.1, 0.15) is 26.2 Å². The third-order valence-corrected chi connectivity index (χ3v) is 2.21. The minimum absolute atomic E-state index is 0.741. The normalized spacial score (nSPS) is 40.3. The smallest absolute Gasteiger partial charge is 0.00220 e. The Balaban J connectivity index is 2.06. The van der Waals surface area contributed by atoms with Gasteiger partial charge in [-0.25, -0.2) is 0 Å². The van der Waals surface area contributed by atoms with E-state index in [0.717, 1.165) is 11.2 Å². The van der Waals surface area contributed by atoms with Crippen LogP contribution >= 0.6 is 12.6 Å². The molecule has 0 saturated heterocycles. The quantitative estimate of drug-likeness (QED) is 0.498. The van der Waals surface area contributed by atoms with Gasteiger partial charge in [-0.05, 0) is 18.8 Å². The molecule has 7 heavy (non-hydrogen) atoms. The molecule has 42 valence electrons. The van der Waals surface area contributed by atoms with Crippen LogP contribution in [0.2, 0.25) is 0 Å². The maximum atomic E-state index is 4.30. The van der Waals surface area contributed by atoms with E-state index < -0.39 is 0 Å². The zero-order chi connectivity index (χ0) is 5.28. The summed E-state index contributed by atoms with van der Waals surface area (Å²) < 4.78 is 0. The molecule has 1 saturated carbocycles. The first-order valence-electron chi connectivity index (χ1n) is 3.01. The van der Waals surface area contributed by atoms with Crippen LogP contribution in [0.3, 0.4) is 0 Å². The number of rotatable bonds is 1. The minimum Gasteiger partial charge on any atom is -0.176 e. The minimum atomic E-state index is 0.741. The molecule has 1 heteroatoms. The third kappa shape index (κ3) is 1.12. The Labute approximate surface area is 50.7 Å². The molecule has 1 aliphatic rings. The Kier molecular flexibility index (Phi) is 1.63. The summed E-state index contributed by atoms with van der Waals surface area (Å²) in [5.74, 6) is 1.02. The maximum Gasteiger partial charge on any atom is 0.00220 e. The first-order valence-corrected chi connectivity index (χ1v) is 3.52. The van der Waals surface area contributed by atoms with Crippen molar-refractivity contribution >= 4 is 12.6 Å². The van der Waals surface area contributed by atoms with Crippen molar-refractivity contribution in [1.29, 1.82) is 0 Å². The summed E-state index contributed by atoms with van der Waals surface area (Å²) >= 11 is 4.30. The average molecular weight is 116 g/mol. The van der Waals surface area contributed by atoms with Crippen molar-refractivity contribution in [3.8, 4) is 0 Å². The van der Waals surface area contributed by atoms with Crippen LogP contribution in [0.15, 0.2) is 0 Å². The number of hydrogen-bond donors (Lipinski definition) is 1. The van der Waals surface area contributed by atoms with Gasteiger partial charge in [-0.3, -0.25) is 0 Å². The van der Waals surface area contributed by atoms with Crippen molar-refractivity contribution in [1.82, 2.24) is 0 Å². The van der Waals surface area contributed by atoms with Gasteiger partial charge >= 0.3 is 0 Å². The second-order valence-corrected chi connectivity index (χ2v) is 3.13. The zero-order valence-corrected chi connectivity index (χ0v) is 5.62. The van der Waals surface area contributed by atoms with Crippen molar-refractivity contribution in [2.45, 2.75) is 31.4 Å². The highest BCUT2D eigenvalue weighted by atomic mass is 32.1. The molecule has 0 bridgehead atoms. The summed E-state index contributed by atoms with van der Waals surface area (Å²) in [4.78, 5) is 0. The SMILES string of the molecule is CCC1CC(S)C1. The van der Waals surface area contributed by atoms with E-state index in [1.165, 1.54) is 19.3 Å². The van der Waals surface area contributed by atoms with Gasteiger partial charge < -0.3 is 0 Å². The van der Waals surface area contributed by atoms with Gasteiger partial charge in [0.1, 0.15) is 0 Å². The molecule has 0 radical (unpaired) electrons. The molecule has 0 aliphatic heterocycles. The summed E-state index contributed by atoms with van der Waals surface area (Å²) in [6.07, 6.45) is 4.08. The molecule has 0 spiro atoms. The summed E-state index contributed by atoms with van der Waals surface area (Å²) in [7, 11) is 0. The highest BCUT2D eigenvalue weighted by Gasteiger charge is 2.23. The van der Waals surface area contributed by atoms with E-state index in [4.69, 9.17) is 0 Å². The Bertz CT molecular complexity index is 55.2. The fourth-order valence-corrected chi connectivity index (χ4v) is 1.63. The van der Waals surface area contributed by atoms with E-state index >= 15 is 0 Å². The maximum absolute atomic E-state index is 4.30. The molecular weight excluding hydrogens is 104 g/mol. The Morgan fingerprint density at radius 3 is 2.29 bits per heavy atom. The van der Waals surface area contributed by atoms with Gasteiger partial charge in [0.2, 0.25) is 0 Å². The van der Waals surface area contributed by atoms with E-state index in [9.17, 15) is 0 Å². The summed E-state index contributed by atoms with van der Waals surface area (Å²) in [6, 6.07) is 0. The lowest BCUT2D eigenvalue weighted by molar-refractivity contribution is 0.321. The molecule has 1 rings (SSSR count). The van der Waals surface area contributed by atoms with Gasteiger partial charge in [0.15, 0.2) is 0 Å². The lowest BCUT2D eigenvalue weighted by Crippen LogP contribution is -2.22. The van der Waals surface area contributed by atoms with Crippen molar-refractivity contribution < 1.29 is 0 Å². The predicted octanol–water partition coefficient (Wildman–Crippen LogP) is 2.10. The molecule has 0 aromatic rings. The summed E-state index contributed by atoms with van der Waals surface area (Å²) in [6.45, 7) is 2.25. The van der Waals surface area contributed by atoms with Crippen LogP contribution in [0.4, 0.5) is 0 Å². The lowest BCUT2D eigenvalue weighted by Gasteiger charge is -2.30. The Hall–Kier alpha value is 0.350. The molecule has 0 unspecified atom stereocenters. The van der Waals surface area contributed by atoms with Gasteiger partial charge in [0.05, 0.1) is 0 Å². The van der Waals surface area contributed by atoms with Crippen molar-refractivity contribution in [3.05, 3.63) is 0 Å². The second-order valence-electron chi connectivity index (χ2n) is 2.40. The van der Waals surface area contributed by atoms with Gasteiger partial charge in [0, 0.05) is 5.25 Å². The lowest BCUT2D eigenvalue weighted by atomic mass is 9.83. The standard InChI is InChI=1S/C6H12S/c1-2-5-3-6(7)4-5/h5-7H,2-4H2,1H3. The molecule has 1 fully saturated rings. The largest absolute Gasteiger partial charge is 0.176 e. The van der Waals surface area contributed by atoms with Crippen LogP contribution in [0, 0.1) is 5.92 Å². The molecule has 0 atom stereocenters. The van der Waals surface area contributed by atoms with Crippen LogP contribution in [0.5, 0.6) is 0 Å². The van der Waals surface area contributed by atoms with Crippen molar-refractivity contribution in [2.75, 3.05) is 0 Å². The monoisotopic (exact) mass is 116 g/mol. The molecule has 0 amide bonds. The number of hydrogen-bond acceptors (Lipinski definition) is 1. The van der Waals surface area contributed by atoms with Gasteiger partial charge in [-0.2, -0.15) is 12.6 Å². The topological polar surface area (TPSA) is 0 Å². The first-order chi connectivity index (χ1) is 3.33. The Morgan fingerprint density at radius 2 is 2.14 bits per heavy atom. The van der Waals surface area contributed by atoms with Gasteiger partial charge in [0.25, 0.3) is 0 Å². The predicted molar refractivity (Wildman–Crippen MR) is 35.8 cm³/mol. The van der Waals surface area contributed by atoms with Gasteiger partial charge in [-0.1, -0.05) is 13.3 Å². The summed E-state index contributed by atoms with van der Waals surface area (Å²) in [5, 5.41) is 0.741. The van der Waals surface area contributed by atoms with Crippen LogP contribution in [0.25, 0.3) is 0 Å². The van der Waals surface area contributed by atoms with Crippen LogP contribution in [-0.4, -0.2) is 5.25 Å². The van der Waals surface area contributed by atoms with Crippen molar-refractivity contribution in [3.63, 3.8) is 0 Å². The second kappa shape index (κ2) is 2.08. The zero-order valence-electron chi connectivity index (χ0n) is 4.72. The molecule has 0 heterocycles. The van der Waals surface area contributed by atoms with E-state index in [-0.39, 0.29) is 0 Å². The van der Waals surface area contributed by atoms with Crippen molar-refractivity contribution in [2.24, 2.45) is 5.92 Å². The molecule has 0 nitrogen and oxygen atoms in total. The molecule has 0 aromatic carbocycles. The van der Waals surface area contributed by atoms with Crippen LogP contribution in [-0.2, 0) is 0 Å². The Morgan fingerprint density at radius 1 is 1.57 bits per heavy atom. The van der Waals surface area contributed by atoms with E-state index in [1.54, 1.807) is 0 Å². The van der Waals surface area contributed by atoms with Crippen LogP contribution < -0.4 is 0 Å². The molecule has 1 aliphatic carbocycles. The molecule has 0 aromatic heterocycles. The van der Waals surface area contributed by atoms with Gasteiger partial charge in [-0.15, -0.1) is 0 Å². The first kappa shape index (κ1) is 5.49. The van der Waals surface area contributed by atoms with E-state index in [1.807, 2.05) is 0 Å². The van der Waals surface area contributed by atoms with E-state index in [0.29, 0.717) is 0 Å². The molecular formula is C6H12S. The third-order valence-electron chi connectivity index (χ3n) is 1.79. The highest BCUT2D eigenvalue weighted by molar-refractivity contribution is 7.81. The average Bonchev–Trinajstić information content (AvgIpc) is 1.58. The highest BCUT2D eigenvalue weighted by Crippen LogP contribution is 2.33. The fraction of sp³-hybridized carbons (Fsp3) is 1.00. The fourth-order valence-electron chi connectivity index (χ4n) is 1.03. The molecule has 0 N–H and O–H groups in total. The summed E-state index contributed by atoms with van der Waals surface area (Å²) in [5.41, 5.74) is 0. The van der Waals surface area contributed by atoms with E-state index in [2.05, 4.69) is 19.6 Å². The number of thiol groups is 1.